The molecule has 142 valence electrons. The second-order valence-corrected chi connectivity index (χ2v) is 7.05. The van der Waals surface area contributed by atoms with Crippen LogP contribution in [0.25, 0.3) is 0 Å². The van der Waals surface area contributed by atoms with E-state index in [4.69, 9.17) is 0 Å². The Morgan fingerprint density at radius 1 is 1.27 bits per heavy atom. The second-order valence-electron chi connectivity index (χ2n) is 5.76. The van der Waals surface area contributed by atoms with Crippen LogP contribution in [0.2, 0.25) is 0 Å². The number of nitrogens with one attached hydrogen (secondary N) is 2. The topological polar surface area (TPSA) is 49.3 Å². The molecule has 2 rings (SSSR count). The molecule has 26 heavy (non-hydrogen) atoms. The van der Waals surface area contributed by atoms with Gasteiger partial charge in [0.05, 0.1) is 16.3 Å². The summed E-state index contributed by atoms with van der Waals surface area (Å²) in [4.78, 5) is 9.93. The molecule has 0 spiro atoms. The number of benzene rings is 1. The largest absolute Gasteiger partial charge is 0.416 e. The van der Waals surface area contributed by atoms with Gasteiger partial charge in [0.2, 0.25) is 0 Å². The van der Waals surface area contributed by atoms with Gasteiger partial charge in [-0.15, -0.1) is 11.3 Å². The number of aromatic nitrogens is 1. The quantitative estimate of drug-likeness (QED) is 0.586. The van der Waals surface area contributed by atoms with Crippen LogP contribution in [-0.2, 0) is 25.6 Å². The van der Waals surface area contributed by atoms with Gasteiger partial charge in [-0.1, -0.05) is 19.1 Å². The number of hydrogen-bond donors (Lipinski definition) is 2. The lowest BCUT2D eigenvalue weighted by Gasteiger charge is -2.13. The summed E-state index contributed by atoms with van der Waals surface area (Å²) >= 11 is 1.69. The van der Waals surface area contributed by atoms with Crippen molar-refractivity contribution >= 4 is 17.3 Å². The number of aliphatic imine (C=N–C) groups is 1. The molecule has 0 saturated heterocycles. The molecule has 0 aliphatic heterocycles. The summed E-state index contributed by atoms with van der Waals surface area (Å²) in [7, 11) is 1.63. The van der Waals surface area contributed by atoms with Gasteiger partial charge in [-0.3, -0.25) is 4.99 Å². The molecule has 0 aliphatic carbocycles. The Hall–Kier alpha value is -2.09. The molecule has 0 saturated carbocycles. The van der Waals surface area contributed by atoms with E-state index in [0.717, 1.165) is 35.7 Å². The normalized spacial score (nSPS) is 12.3. The van der Waals surface area contributed by atoms with Crippen molar-refractivity contribution in [3.05, 3.63) is 51.0 Å². The fourth-order valence-corrected chi connectivity index (χ4v) is 3.50. The third-order valence-electron chi connectivity index (χ3n) is 3.84. The first-order chi connectivity index (χ1) is 12.3. The molecular weight excluding hydrogens is 361 g/mol. The van der Waals surface area contributed by atoms with E-state index in [1.165, 1.54) is 10.9 Å². The molecule has 0 aliphatic rings. The Morgan fingerprint density at radius 3 is 2.65 bits per heavy atom. The van der Waals surface area contributed by atoms with Crippen LogP contribution < -0.4 is 10.6 Å². The van der Waals surface area contributed by atoms with E-state index in [9.17, 15) is 13.2 Å². The highest BCUT2D eigenvalue weighted by molar-refractivity contribution is 7.11. The lowest BCUT2D eigenvalue weighted by molar-refractivity contribution is -0.137. The van der Waals surface area contributed by atoms with Gasteiger partial charge in [-0.2, -0.15) is 13.2 Å². The van der Waals surface area contributed by atoms with Gasteiger partial charge in [0.1, 0.15) is 0 Å². The fourth-order valence-electron chi connectivity index (χ4n) is 2.47. The summed E-state index contributed by atoms with van der Waals surface area (Å²) in [6, 6.07) is 5.27. The number of thiazole rings is 1. The smallest absolute Gasteiger partial charge is 0.356 e. The molecule has 0 unspecified atom stereocenters. The van der Waals surface area contributed by atoms with Gasteiger partial charge in [0.25, 0.3) is 0 Å². The van der Waals surface area contributed by atoms with E-state index < -0.39 is 11.7 Å². The SMILES string of the molecule is CCc1nc(CCNC(=NC)NCc2cccc(C(F)(F)F)c2)sc1C. The maximum Gasteiger partial charge on any atom is 0.416 e. The van der Waals surface area contributed by atoms with Crippen molar-refractivity contribution in [3.63, 3.8) is 0 Å². The van der Waals surface area contributed by atoms with Crippen LogP contribution in [0.1, 0.15) is 33.6 Å². The molecule has 4 nitrogen and oxygen atoms in total. The zero-order chi connectivity index (χ0) is 19.2. The third kappa shape index (κ3) is 5.72. The van der Waals surface area contributed by atoms with Crippen LogP contribution in [0, 0.1) is 6.92 Å². The summed E-state index contributed by atoms with van der Waals surface area (Å²) in [5.74, 6) is 0.548. The number of alkyl halides is 3. The maximum atomic E-state index is 12.8. The van der Waals surface area contributed by atoms with E-state index in [0.29, 0.717) is 18.1 Å². The molecule has 1 aromatic heterocycles. The van der Waals surface area contributed by atoms with Crippen molar-refractivity contribution in [1.82, 2.24) is 15.6 Å². The van der Waals surface area contributed by atoms with Crippen molar-refractivity contribution in [3.8, 4) is 0 Å². The number of nitrogens with zero attached hydrogens (tertiary/aromatic N) is 2. The number of aryl methyl sites for hydroxylation is 2. The monoisotopic (exact) mass is 384 g/mol. The average Bonchev–Trinajstić information content (AvgIpc) is 2.97. The number of halogens is 3. The van der Waals surface area contributed by atoms with Crippen molar-refractivity contribution in [2.24, 2.45) is 4.99 Å². The summed E-state index contributed by atoms with van der Waals surface area (Å²) in [6.45, 7) is 5.07. The number of rotatable bonds is 6. The van der Waals surface area contributed by atoms with E-state index in [2.05, 4.69) is 34.5 Å². The Balaban J connectivity index is 1.84. The molecule has 8 heteroatoms. The van der Waals surface area contributed by atoms with E-state index >= 15 is 0 Å². The van der Waals surface area contributed by atoms with Crippen LogP contribution in [0.3, 0.4) is 0 Å². The van der Waals surface area contributed by atoms with Crippen molar-refractivity contribution < 1.29 is 13.2 Å². The highest BCUT2D eigenvalue weighted by atomic mass is 32.1. The van der Waals surface area contributed by atoms with Crippen LogP contribution in [0.5, 0.6) is 0 Å². The van der Waals surface area contributed by atoms with Crippen LogP contribution in [0.15, 0.2) is 29.3 Å². The Labute approximate surface area is 155 Å². The number of hydrogen-bond acceptors (Lipinski definition) is 3. The molecule has 0 amide bonds. The molecule has 1 heterocycles. The number of guanidine groups is 1. The molecule has 2 N–H and O–H groups in total. The van der Waals surface area contributed by atoms with Gasteiger partial charge < -0.3 is 10.6 Å². The van der Waals surface area contributed by atoms with Crippen LogP contribution in [0.4, 0.5) is 13.2 Å². The standard InChI is InChI=1S/C18H23F3N4S/c1-4-15-12(2)26-16(25-15)8-9-23-17(22-3)24-11-13-6-5-7-14(10-13)18(19,20)21/h5-7,10H,4,8-9,11H2,1-3H3,(H2,22,23,24). The van der Waals surface area contributed by atoms with Crippen molar-refractivity contribution in [2.45, 2.75) is 39.4 Å². The predicted octanol–water partition coefficient (Wildman–Crippen LogP) is 3.94. The minimum Gasteiger partial charge on any atom is -0.356 e. The zero-order valence-corrected chi connectivity index (χ0v) is 15.9. The second kappa shape index (κ2) is 9.02. The van der Waals surface area contributed by atoms with Crippen molar-refractivity contribution in [2.75, 3.05) is 13.6 Å². The Morgan fingerprint density at radius 2 is 2.04 bits per heavy atom. The lowest BCUT2D eigenvalue weighted by atomic mass is 10.1. The predicted molar refractivity (Wildman–Crippen MR) is 99.6 cm³/mol. The highest BCUT2D eigenvalue weighted by Gasteiger charge is 2.30. The molecule has 1 aromatic carbocycles. The van der Waals surface area contributed by atoms with E-state index in [1.54, 1.807) is 24.5 Å². The van der Waals surface area contributed by atoms with Gasteiger partial charge in [0, 0.05) is 31.4 Å². The van der Waals surface area contributed by atoms with Gasteiger partial charge in [-0.25, -0.2) is 4.98 Å². The van der Waals surface area contributed by atoms with E-state index in [-0.39, 0.29) is 6.54 Å². The first-order valence-electron chi connectivity index (χ1n) is 8.39. The summed E-state index contributed by atoms with van der Waals surface area (Å²) in [5.41, 5.74) is 1.04. The van der Waals surface area contributed by atoms with E-state index in [1.807, 2.05) is 0 Å². The minimum atomic E-state index is -4.33. The molecule has 0 fully saturated rings. The molecule has 2 aromatic rings. The summed E-state index contributed by atoms with van der Waals surface area (Å²) < 4.78 is 38.3. The molecular formula is C18H23F3N4S. The summed E-state index contributed by atoms with van der Waals surface area (Å²) in [6.07, 6.45) is -2.63. The molecule has 0 radical (unpaired) electrons. The third-order valence-corrected chi connectivity index (χ3v) is 4.91. The first kappa shape index (κ1) is 20.2. The zero-order valence-electron chi connectivity index (χ0n) is 15.1. The first-order valence-corrected chi connectivity index (χ1v) is 9.21. The Kier molecular flexibility index (Phi) is 7.02. The fraction of sp³-hybridized carbons (Fsp3) is 0.444. The van der Waals surface area contributed by atoms with Crippen molar-refractivity contribution in [1.29, 1.82) is 0 Å². The van der Waals surface area contributed by atoms with Crippen LogP contribution >= 0.6 is 11.3 Å². The molecule has 0 bridgehead atoms. The highest BCUT2D eigenvalue weighted by Crippen LogP contribution is 2.29. The Bertz CT molecular complexity index is 753. The van der Waals surface area contributed by atoms with Gasteiger partial charge in [-0.05, 0) is 31.0 Å². The summed E-state index contributed by atoms with van der Waals surface area (Å²) in [5, 5.41) is 7.27. The maximum absolute atomic E-state index is 12.8. The van der Waals surface area contributed by atoms with Gasteiger partial charge >= 0.3 is 6.18 Å². The van der Waals surface area contributed by atoms with Crippen LogP contribution in [-0.4, -0.2) is 24.5 Å². The molecule has 0 atom stereocenters. The lowest BCUT2D eigenvalue weighted by Crippen LogP contribution is -2.37. The minimum absolute atomic E-state index is 0.264. The van der Waals surface area contributed by atoms with Gasteiger partial charge in [0.15, 0.2) is 5.96 Å². The average molecular weight is 384 g/mol.